The average Bonchev–Trinajstić information content (AvgIpc) is 2.89. The number of carbonyl (C=O) groups excluding carboxylic acids is 2. The third kappa shape index (κ3) is 5.80. The quantitative estimate of drug-likeness (QED) is 0.621. The second kappa shape index (κ2) is 8.08. The molecule has 2 rings (SSSR count). The monoisotopic (exact) mass is 329 g/mol. The van der Waals surface area contributed by atoms with Crippen LogP contribution >= 0.6 is 23.6 Å². The van der Waals surface area contributed by atoms with Crippen LogP contribution in [0.25, 0.3) is 0 Å². The Balaban J connectivity index is 1.61. The van der Waals surface area contributed by atoms with Gasteiger partial charge in [0.1, 0.15) is 0 Å². The van der Waals surface area contributed by atoms with E-state index in [9.17, 15) is 9.59 Å². The van der Waals surface area contributed by atoms with Crippen LogP contribution in [-0.2, 0) is 4.79 Å². The van der Waals surface area contributed by atoms with E-state index in [4.69, 9.17) is 12.2 Å². The summed E-state index contributed by atoms with van der Waals surface area (Å²) in [5.41, 5.74) is 0. The normalized spacial score (nSPS) is 15.4. The molecular formula is C12H19N5O2S2. The third-order valence-electron chi connectivity index (χ3n) is 3.38. The molecule has 0 bridgehead atoms. The van der Waals surface area contributed by atoms with Gasteiger partial charge in [0.2, 0.25) is 11.0 Å². The Kier molecular flexibility index (Phi) is 6.12. The van der Waals surface area contributed by atoms with Gasteiger partial charge in [0.25, 0.3) is 0 Å². The van der Waals surface area contributed by atoms with Crippen molar-refractivity contribution in [2.45, 2.75) is 32.1 Å². The second-order valence-corrected chi connectivity index (χ2v) is 6.70. The molecule has 0 unspecified atom stereocenters. The first kappa shape index (κ1) is 15.9. The smallest absolute Gasteiger partial charge is 0.321 e. The Bertz CT molecular complexity index is 536. The van der Waals surface area contributed by atoms with Crippen molar-refractivity contribution >= 4 is 40.6 Å². The number of anilines is 1. The fraction of sp³-hybridized carbons (Fsp3) is 0.667. The summed E-state index contributed by atoms with van der Waals surface area (Å²) in [5, 5.41) is 14.6. The van der Waals surface area contributed by atoms with Gasteiger partial charge in [-0.2, -0.15) is 0 Å². The van der Waals surface area contributed by atoms with Crippen molar-refractivity contribution < 1.29 is 9.59 Å². The van der Waals surface area contributed by atoms with Crippen LogP contribution in [0.5, 0.6) is 0 Å². The van der Waals surface area contributed by atoms with E-state index in [2.05, 4.69) is 26.1 Å². The fourth-order valence-electron chi connectivity index (χ4n) is 2.30. The highest BCUT2D eigenvalue weighted by Crippen LogP contribution is 2.22. The largest absolute Gasteiger partial charge is 0.354 e. The molecule has 9 heteroatoms. The van der Waals surface area contributed by atoms with E-state index in [0.29, 0.717) is 21.5 Å². The lowest BCUT2D eigenvalue weighted by Crippen LogP contribution is -2.40. The standard InChI is InChI=1S/C12H19N5O2S2/c18-9(13-6-8-4-2-1-3-5-8)7-14-10(19)15-11-16-17-12(20)21-11/h8H,1-7H2,(H,13,18)(H,17,20)(H2,14,15,16,19). The lowest BCUT2D eigenvalue weighted by atomic mass is 9.89. The molecule has 1 heterocycles. The molecule has 1 aliphatic rings. The summed E-state index contributed by atoms with van der Waals surface area (Å²) in [4.78, 5) is 23.2. The van der Waals surface area contributed by atoms with Gasteiger partial charge in [0, 0.05) is 6.54 Å². The molecule has 0 atom stereocenters. The van der Waals surface area contributed by atoms with Crippen molar-refractivity contribution in [3.8, 4) is 0 Å². The molecule has 3 amide bonds. The number of amides is 3. The van der Waals surface area contributed by atoms with Crippen molar-refractivity contribution in [3.05, 3.63) is 3.95 Å². The lowest BCUT2D eigenvalue weighted by Gasteiger charge is -2.21. The van der Waals surface area contributed by atoms with Crippen LogP contribution < -0.4 is 16.0 Å². The molecule has 1 saturated carbocycles. The van der Waals surface area contributed by atoms with E-state index in [1.54, 1.807) is 0 Å². The van der Waals surface area contributed by atoms with Gasteiger partial charge in [-0.05, 0) is 31.0 Å². The van der Waals surface area contributed by atoms with Crippen molar-refractivity contribution in [1.82, 2.24) is 20.8 Å². The number of H-pyrrole nitrogens is 1. The summed E-state index contributed by atoms with van der Waals surface area (Å²) < 4.78 is 0.482. The van der Waals surface area contributed by atoms with E-state index < -0.39 is 6.03 Å². The minimum Gasteiger partial charge on any atom is -0.354 e. The topological polar surface area (TPSA) is 98.9 Å². The van der Waals surface area contributed by atoms with Crippen LogP contribution in [0.4, 0.5) is 9.93 Å². The number of urea groups is 1. The maximum atomic E-state index is 11.7. The van der Waals surface area contributed by atoms with Gasteiger partial charge in [0.15, 0.2) is 3.95 Å². The molecule has 7 nitrogen and oxygen atoms in total. The number of aromatic amines is 1. The SMILES string of the molecule is O=C(CNC(=O)Nc1n[nH]c(=S)s1)NCC1CCCCC1. The van der Waals surface area contributed by atoms with Crippen LogP contribution in [0.2, 0.25) is 0 Å². The highest BCUT2D eigenvalue weighted by Gasteiger charge is 2.14. The summed E-state index contributed by atoms with van der Waals surface area (Å²) in [6.45, 7) is 0.650. The van der Waals surface area contributed by atoms with E-state index in [1.807, 2.05) is 0 Å². The highest BCUT2D eigenvalue weighted by atomic mass is 32.1. The van der Waals surface area contributed by atoms with Gasteiger partial charge in [0.05, 0.1) is 6.54 Å². The molecule has 1 aliphatic carbocycles. The molecule has 1 aromatic heterocycles. The number of nitrogens with one attached hydrogen (secondary N) is 4. The molecule has 0 radical (unpaired) electrons. The number of hydrogen-bond acceptors (Lipinski definition) is 5. The van der Waals surface area contributed by atoms with Crippen molar-refractivity contribution in [2.75, 3.05) is 18.4 Å². The van der Waals surface area contributed by atoms with Gasteiger partial charge in [-0.15, -0.1) is 5.10 Å². The molecule has 0 aromatic carbocycles. The van der Waals surface area contributed by atoms with Crippen LogP contribution in [0.15, 0.2) is 0 Å². The molecule has 116 valence electrons. The van der Waals surface area contributed by atoms with E-state index in [1.165, 1.54) is 32.1 Å². The van der Waals surface area contributed by atoms with Crippen molar-refractivity contribution in [2.24, 2.45) is 5.92 Å². The molecule has 0 spiro atoms. The van der Waals surface area contributed by atoms with Crippen LogP contribution in [-0.4, -0.2) is 35.2 Å². The van der Waals surface area contributed by atoms with E-state index in [-0.39, 0.29) is 12.5 Å². The molecule has 4 N–H and O–H groups in total. The summed E-state index contributed by atoms with van der Waals surface area (Å²) in [7, 11) is 0. The third-order valence-corrected chi connectivity index (χ3v) is 4.39. The first-order valence-corrected chi connectivity index (χ1v) is 8.23. The van der Waals surface area contributed by atoms with E-state index in [0.717, 1.165) is 11.3 Å². The zero-order valence-corrected chi connectivity index (χ0v) is 13.2. The number of nitrogens with zero attached hydrogens (tertiary/aromatic N) is 1. The van der Waals surface area contributed by atoms with Crippen molar-refractivity contribution in [1.29, 1.82) is 0 Å². The number of carbonyl (C=O) groups is 2. The summed E-state index contributed by atoms with van der Waals surface area (Å²) in [6.07, 6.45) is 6.15. The molecule has 0 aliphatic heterocycles. The molecule has 0 saturated heterocycles. The van der Waals surface area contributed by atoms with Gasteiger partial charge in [-0.1, -0.05) is 30.6 Å². The summed E-state index contributed by atoms with van der Waals surface area (Å²) in [5.74, 6) is 0.401. The molecular weight excluding hydrogens is 310 g/mol. The first-order chi connectivity index (χ1) is 10.1. The first-order valence-electron chi connectivity index (χ1n) is 7.00. The van der Waals surface area contributed by atoms with Gasteiger partial charge in [-0.3, -0.25) is 15.2 Å². The predicted octanol–water partition coefficient (Wildman–Crippen LogP) is 2.02. The Hall–Kier alpha value is -1.48. The minimum absolute atomic E-state index is 0.0472. The minimum atomic E-state index is -0.472. The van der Waals surface area contributed by atoms with Crippen LogP contribution in [0.1, 0.15) is 32.1 Å². The van der Waals surface area contributed by atoms with Crippen LogP contribution in [0, 0.1) is 9.87 Å². The second-order valence-electron chi connectivity index (χ2n) is 5.03. The van der Waals surface area contributed by atoms with Crippen molar-refractivity contribution in [3.63, 3.8) is 0 Å². The maximum absolute atomic E-state index is 11.7. The average molecular weight is 329 g/mol. The summed E-state index contributed by atoms with van der Waals surface area (Å²) in [6, 6.07) is -0.472. The molecule has 1 aromatic rings. The Morgan fingerprint density at radius 1 is 1.29 bits per heavy atom. The van der Waals surface area contributed by atoms with Gasteiger partial charge >= 0.3 is 6.03 Å². The predicted molar refractivity (Wildman–Crippen MR) is 83.9 cm³/mol. The maximum Gasteiger partial charge on any atom is 0.321 e. The van der Waals surface area contributed by atoms with Crippen LogP contribution in [0.3, 0.4) is 0 Å². The zero-order chi connectivity index (χ0) is 15.1. The fourth-order valence-corrected chi connectivity index (χ4v) is 3.08. The number of hydrogen-bond donors (Lipinski definition) is 4. The molecule has 1 fully saturated rings. The Morgan fingerprint density at radius 3 is 2.71 bits per heavy atom. The molecule has 21 heavy (non-hydrogen) atoms. The van der Waals surface area contributed by atoms with E-state index >= 15 is 0 Å². The van der Waals surface area contributed by atoms with Gasteiger partial charge < -0.3 is 10.6 Å². The highest BCUT2D eigenvalue weighted by molar-refractivity contribution is 7.73. The number of rotatable bonds is 5. The van der Waals surface area contributed by atoms with Gasteiger partial charge in [-0.25, -0.2) is 4.79 Å². The zero-order valence-electron chi connectivity index (χ0n) is 11.6. The Morgan fingerprint density at radius 2 is 2.05 bits per heavy atom. The summed E-state index contributed by atoms with van der Waals surface area (Å²) >= 11 is 6.01. The Labute approximate surface area is 131 Å². The number of aromatic nitrogens is 2. The lowest BCUT2D eigenvalue weighted by molar-refractivity contribution is -0.120.